The number of carboxylic acid groups (broad SMARTS) is 1. The van der Waals surface area contributed by atoms with Crippen LogP contribution in [0.15, 0.2) is 30.5 Å². The van der Waals surface area contributed by atoms with Crippen LogP contribution < -0.4 is 22.1 Å². The lowest BCUT2D eigenvalue weighted by molar-refractivity contribution is -0.143. The minimum Gasteiger partial charge on any atom is -0.480 e. The Morgan fingerprint density at radius 1 is 1.21 bits per heavy atom. The summed E-state index contributed by atoms with van der Waals surface area (Å²) in [6, 6.07) is 4.55. The van der Waals surface area contributed by atoms with Crippen molar-refractivity contribution >= 4 is 40.5 Å². The molecule has 3 atom stereocenters. The fraction of sp³-hybridized carbons (Fsp3) is 0.409. The number of hydrogen-bond acceptors (Lipinski definition) is 6. The van der Waals surface area contributed by atoms with E-state index in [4.69, 9.17) is 16.6 Å². The predicted octanol–water partition coefficient (Wildman–Crippen LogP) is -1.41. The van der Waals surface area contributed by atoms with Crippen molar-refractivity contribution in [2.75, 3.05) is 13.1 Å². The molecule has 4 amide bonds. The van der Waals surface area contributed by atoms with E-state index >= 15 is 0 Å². The first-order valence-corrected chi connectivity index (χ1v) is 10.9. The number of benzene rings is 1. The average molecular weight is 473 g/mol. The van der Waals surface area contributed by atoms with Gasteiger partial charge in [0, 0.05) is 23.6 Å². The molecule has 182 valence electrons. The highest BCUT2D eigenvalue weighted by Crippen LogP contribution is 2.22. The highest BCUT2D eigenvalue weighted by atomic mass is 16.4. The Bertz CT molecular complexity index is 1100. The van der Waals surface area contributed by atoms with Crippen LogP contribution in [0.1, 0.15) is 24.8 Å². The van der Waals surface area contributed by atoms with E-state index in [0.717, 1.165) is 16.5 Å². The van der Waals surface area contributed by atoms with Gasteiger partial charge in [-0.25, -0.2) is 4.79 Å². The first kappa shape index (κ1) is 24.7. The van der Waals surface area contributed by atoms with Gasteiger partial charge in [0.05, 0.1) is 19.0 Å². The zero-order chi connectivity index (χ0) is 24.8. The second kappa shape index (κ2) is 10.8. The van der Waals surface area contributed by atoms with Crippen molar-refractivity contribution in [1.82, 2.24) is 20.5 Å². The molecule has 0 bridgehead atoms. The van der Waals surface area contributed by atoms with Gasteiger partial charge in [0.15, 0.2) is 0 Å². The van der Waals surface area contributed by atoms with Crippen LogP contribution in [0.3, 0.4) is 0 Å². The fourth-order valence-corrected chi connectivity index (χ4v) is 4.07. The van der Waals surface area contributed by atoms with Gasteiger partial charge in [-0.15, -0.1) is 0 Å². The molecule has 3 rings (SSSR count). The van der Waals surface area contributed by atoms with Crippen molar-refractivity contribution in [1.29, 1.82) is 0 Å². The third kappa shape index (κ3) is 5.90. The lowest BCUT2D eigenvalue weighted by atomic mass is 10.0. The Morgan fingerprint density at radius 3 is 2.65 bits per heavy atom. The number of hydrogen-bond donors (Lipinski definition) is 6. The van der Waals surface area contributed by atoms with Crippen LogP contribution in [0.2, 0.25) is 0 Å². The van der Waals surface area contributed by atoms with Gasteiger partial charge < -0.3 is 37.1 Å². The molecule has 12 heteroatoms. The van der Waals surface area contributed by atoms with Gasteiger partial charge in [-0.2, -0.15) is 0 Å². The summed E-state index contributed by atoms with van der Waals surface area (Å²) in [5.41, 5.74) is 13.0. The SMILES string of the molecule is NC(=O)CC(NC(=O)CNC(=O)C1CCCN1C(=O)C(N)Cc1c[nH]c2ccccc12)C(=O)O. The smallest absolute Gasteiger partial charge is 0.326 e. The molecular formula is C22H28N6O6. The summed E-state index contributed by atoms with van der Waals surface area (Å²) in [5.74, 6) is -4.01. The van der Waals surface area contributed by atoms with Gasteiger partial charge in [0.25, 0.3) is 0 Å². The van der Waals surface area contributed by atoms with E-state index < -0.39 is 54.8 Å². The second-order valence-corrected chi connectivity index (χ2v) is 8.21. The Kier molecular flexibility index (Phi) is 7.84. The number of likely N-dealkylation sites (tertiary alicyclic amines) is 1. The number of fused-ring (bicyclic) bond motifs is 1. The maximum atomic E-state index is 13.0. The molecule has 1 aromatic carbocycles. The summed E-state index contributed by atoms with van der Waals surface area (Å²) < 4.78 is 0. The lowest BCUT2D eigenvalue weighted by Crippen LogP contribution is -2.53. The number of aliphatic carboxylic acids is 1. The molecule has 0 aliphatic carbocycles. The standard InChI is InChI=1S/C22H28N6O6/c23-14(8-12-10-25-15-5-2-1-4-13(12)15)21(32)28-7-3-6-17(28)20(31)26-11-19(30)27-16(22(33)34)9-18(24)29/h1-2,4-5,10,14,16-17,25H,3,6-9,11,23H2,(H2,24,29)(H,26,31)(H,27,30)(H,33,34). The quantitative estimate of drug-likeness (QED) is 0.244. The number of nitrogens with two attached hydrogens (primary N) is 2. The largest absolute Gasteiger partial charge is 0.480 e. The van der Waals surface area contributed by atoms with Crippen LogP contribution in [0.25, 0.3) is 10.9 Å². The molecule has 3 unspecified atom stereocenters. The van der Waals surface area contributed by atoms with E-state index in [2.05, 4.69) is 15.6 Å². The van der Waals surface area contributed by atoms with Gasteiger partial charge in [-0.1, -0.05) is 18.2 Å². The molecule has 1 saturated heterocycles. The number of amides is 4. The van der Waals surface area contributed by atoms with Crippen molar-refractivity contribution in [2.45, 2.75) is 43.8 Å². The summed E-state index contributed by atoms with van der Waals surface area (Å²) in [7, 11) is 0. The van der Waals surface area contributed by atoms with Crippen LogP contribution in [-0.4, -0.2) is 75.8 Å². The van der Waals surface area contributed by atoms with Gasteiger partial charge in [0.1, 0.15) is 12.1 Å². The molecule has 1 aromatic heterocycles. The van der Waals surface area contributed by atoms with Crippen molar-refractivity contribution in [3.05, 3.63) is 36.0 Å². The molecule has 0 radical (unpaired) electrons. The first-order chi connectivity index (χ1) is 16.2. The minimum atomic E-state index is -1.49. The molecule has 34 heavy (non-hydrogen) atoms. The van der Waals surface area contributed by atoms with E-state index in [-0.39, 0.29) is 5.91 Å². The van der Waals surface area contributed by atoms with E-state index in [0.29, 0.717) is 25.8 Å². The van der Waals surface area contributed by atoms with Crippen LogP contribution in [0.4, 0.5) is 0 Å². The molecule has 1 aliphatic rings. The summed E-state index contributed by atoms with van der Waals surface area (Å²) in [4.78, 5) is 64.3. The van der Waals surface area contributed by atoms with Crippen molar-refractivity contribution in [3.63, 3.8) is 0 Å². The van der Waals surface area contributed by atoms with E-state index in [9.17, 15) is 24.0 Å². The van der Waals surface area contributed by atoms with Crippen LogP contribution in [-0.2, 0) is 30.4 Å². The van der Waals surface area contributed by atoms with E-state index in [1.807, 2.05) is 30.5 Å². The summed E-state index contributed by atoms with van der Waals surface area (Å²) in [6.07, 6.45) is 2.56. The number of nitrogens with one attached hydrogen (secondary N) is 3. The zero-order valence-corrected chi connectivity index (χ0v) is 18.5. The predicted molar refractivity (Wildman–Crippen MR) is 121 cm³/mol. The molecule has 1 fully saturated rings. The van der Waals surface area contributed by atoms with Crippen molar-refractivity contribution < 1.29 is 29.1 Å². The number of nitrogens with zero attached hydrogens (tertiary/aromatic N) is 1. The van der Waals surface area contributed by atoms with Gasteiger partial charge in [-0.05, 0) is 30.9 Å². The molecule has 2 heterocycles. The van der Waals surface area contributed by atoms with E-state index in [1.165, 1.54) is 4.90 Å². The van der Waals surface area contributed by atoms with Crippen molar-refractivity contribution in [3.8, 4) is 0 Å². The molecule has 0 saturated carbocycles. The number of para-hydroxylation sites is 1. The molecule has 8 N–H and O–H groups in total. The number of rotatable bonds is 10. The van der Waals surface area contributed by atoms with Crippen molar-refractivity contribution in [2.24, 2.45) is 11.5 Å². The summed E-state index contributed by atoms with van der Waals surface area (Å²) in [5, 5.41) is 14.6. The fourth-order valence-electron chi connectivity index (χ4n) is 4.07. The molecular weight excluding hydrogens is 444 g/mol. The van der Waals surface area contributed by atoms with Gasteiger partial charge in [0.2, 0.25) is 23.6 Å². The molecule has 1 aliphatic heterocycles. The Balaban J connectivity index is 1.55. The maximum Gasteiger partial charge on any atom is 0.326 e. The zero-order valence-electron chi connectivity index (χ0n) is 18.5. The maximum absolute atomic E-state index is 13.0. The number of primary amides is 1. The summed E-state index contributed by atoms with van der Waals surface area (Å²) in [6.45, 7) is -0.147. The first-order valence-electron chi connectivity index (χ1n) is 10.9. The Morgan fingerprint density at radius 2 is 1.94 bits per heavy atom. The number of carbonyl (C=O) groups excluding carboxylic acids is 4. The van der Waals surface area contributed by atoms with Crippen LogP contribution in [0, 0.1) is 0 Å². The third-order valence-electron chi connectivity index (χ3n) is 5.73. The Hall–Kier alpha value is -3.93. The number of aromatic amines is 1. The molecule has 12 nitrogen and oxygen atoms in total. The normalized spacial score (nSPS) is 17.2. The second-order valence-electron chi connectivity index (χ2n) is 8.21. The van der Waals surface area contributed by atoms with E-state index in [1.54, 1.807) is 0 Å². The number of H-pyrrole nitrogens is 1. The number of carboxylic acids is 1. The number of aromatic nitrogens is 1. The lowest BCUT2D eigenvalue weighted by Gasteiger charge is -2.26. The average Bonchev–Trinajstić information content (AvgIpc) is 3.44. The molecule has 0 spiro atoms. The minimum absolute atomic E-state index is 0.298. The Labute approximate surface area is 195 Å². The topological polar surface area (TPSA) is 201 Å². The highest BCUT2D eigenvalue weighted by Gasteiger charge is 2.36. The summed E-state index contributed by atoms with van der Waals surface area (Å²) >= 11 is 0. The third-order valence-corrected chi connectivity index (χ3v) is 5.73. The van der Waals surface area contributed by atoms with Gasteiger partial charge >= 0.3 is 5.97 Å². The monoisotopic (exact) mass is 472 g/mol. The van der Waals surface area contributed by atoms with Crippen LogP contribution >= 0.6 is 0 Å². The van der Waals surface area contributed by atoms with Crippen LogP contribution in [0.5, 0.6) is 0 Å². The highest BCUT2D eigenvalue weighted by molar-refractivity contribution is 5.94. The van der Waals surface area contributed by atoms with Gasteiger partial charge in [-0.3, -0.25) is 19.2 Å². The molecule has 2 aromatic rings. The number of carbonyl (C=O) groups is 5.